The second kappa shape index (κ2) is 5.34. The molecule has 3 heteroatoms. The fourth-order valence-electron chi connectivity index (χ4n) is 1.55. The first-order valence-electron chi connectivity index (χ1n) is 5.63. The molecule has 0 spiro atoms. The van der Waals surface area contributed by atoms with Gasteiger partial charge in [-0.15, -0.1) is 0 Å². The van der Waals surface area contributed by atoms with E-state index in [0.29, 0.717) is 12.8 Å². The second-order valence-corrected chi connectivity index (χ2v) is 3.99. The summed E-state index contributed by atoms with van der Waals surface area (Å²) in [5.74, 6) is 0.842. The van der Waals surface area contributed by atoms with Crippen molar-refractivity contribution in [2.75, 3.05) is 5.32 Å². The first-order valence-corrected chi connectivity index (χ1v) is 5.63. The summed E-state index contributed by atoms with van der Waals surface area (Å²) < 4.78 is 5.17. The normalized spacial score (nSPS) is 10.2. The number of nitrogens with one attached hydrogen (secondary N) is 1. The lowest BCUT2D eigenvalue weighted by molar-refractivity contribution is -0.116. The van der Waals surface area contributed by atoms with E-state index in [9.17, 15) is 4.79 Å². The Kier molecular flexibility index (Phi) is 3.60. The smallest absolute Gasteiger partial charge is 0.224 e. The monoisotopic (exact) mass is 229 g/mol. The van der Waals surface area contributed by atoms with Crippen molar-refractivity contribution in [3.63, 3.8) is 0 Å². The largest absolute Gasteiger partial charge is 0.469 e. The Labute approximate surface area is 100 Å². The second-order valence-electron chi connectivity index (χ2n) is 3.99. The van der Waals surface area contributed by atoms with Crippen molar-refractivity contribution in [1.82, 2.24) is 0 Å². The minimum atomic E-state index is 0.00486. The molecule has 0 aliphatic carbocycles. The van der Waals surface area contributed by atoms with Gasteiger partial charge >= 0.3 is 0 Å². The van der Waals surface area contributed by atoms with Crippen molar-refractivity contribution in [3.8, 4) is 0 Å². The van der Waals surface area contributed by atoms with E-state index in [-0.39, 0.29) is 5.91 Å². The number of furan rings is 1. The van der Waals surface area contributed by atoms with Crippen LogP contribution in [0.1, 0.15) is 17.7 Å². The van der Waals surface area contributed by atoms with Crippen LogP contribution in [0.25, 0.3) is 0 Å². The minimum absolute atomic E-state index is 0.00486. The lowest BCUT2D eigenvalue weighted by atomic mass is 10.2. The van der Waals surface area contributed by atoms with Crippen molar-refractivity contribution in [2.24, 2.45) is 0 Å². The molecule has 0 radical (unpaired) electrons. The van der Waals surface area contributed by atoms with Crippen LogP contribution < -0.4 is 5.32 Å². The SMILES string of the molecule is Cc1ccc(NC(=O)CCc2ccco2)cc1. The molecular weight excluding hydrogens is 214 g/mol. The van der Waals surface area contributed by atoms with Gasteiger partial charge in [0, 0.05) is 18.5 Å². The molecule has 0 saturated heterocycles. The molecule has 1 aromatic carbocycles. The summed E-state index contributed by atoms with van der Waals surface area (Å²) in [5.41, 5.74) is 2.01. The van der Waals surface area contributed by atoms with E-state index in [2.05, 4.69) is 5.32 Å². The molecule has 0 bridgehead atoms. The minimum Gasteiger partial charge on any atom is -0.469 e. The van der Waals surface area contributed by atoms with Crippen LogP contribution in [0.15, 0.2) is 47.1 Å². The van der Waals surface area contributed by atoms with Crippen LogP contribution in [-0.2, 0) is 11.2 Å². The zero-order valence-electron chi connectivity index (χ0n) is 9.77. The fraction of sp³-hybridized carbons (Fsp3) is 0.214. The molecule has 1 N–H and O–H groups in total. The van der Waals surface area contributed by atoms with E-state index >= 15 is 0 Å². The van der Waals surface area contributed by atoms with Crippen LogP contribution in [0.2, 0.25) is 0 Å². The summed E-state index contributed by atoms with van der Waals surface area (Å²) >= 11 is 0. The quantitative estimate of drug-likeness (QED) is 0.875. The van der Waals surface area contributed by atoms with Crippen molar-refractivity contribution >= 4 is 11.6 Å². The third kappa shape index (κ3) is 3.48. The van der Waals surface area contributed by atoms with E-state index in [1.807, 2.05) is 43.3 Å². The molecule has 3 nitrogen and oxygen atoms in total. The van der Waals surface area contributed by atoms with E-state index in [0.717, 1.165) is 11.4 Å². The molecule has 1 aromatic heterocycles. The van der Waals surface area contributed by atoms with Gasteiger partial charge in [-0.1, -0.05) is 17.7 Å². The highest BCUT2D eigenvalue weighted by atomic mass is 16.3. The van der Waals surface area contributed by atoms with Crippen molar-refractivity contribution < 1.29 is 9.21 Å². The first kappa shape index (κ1) is 11.5. The van der Waals surface area contributed by atoms with Gasteiger partial charge in [0.1, 0.15) is 5.76 Å². The number of amides is 1. The molecule has 88 valence electrons. The van der Waals surface area contributed by atoms with Crippen LogP contribution >= 0.6 is 0 Å². The fourth-order valence-corrected chi connectivity index (χ4v) is 1.55. The molecule has 0 aliphatic rings. The highest BCUT2D eigenvalue weighted by Crippen LogP contribution is 2.10. The Bertz CT molecular complexity index is 471. The summed E-state index contributed by atoms with van der Waals surface area (Å²) in [6.07, 6.45) is 2.68. The van der Waals surface area contributed by atoms with Crippen molar-refractivity contribution in [2.45, 2.75) is 19.8 Å². The van der Waals surface area contributed by atoms with Gasteiger partial charge in [-0.05, 0) is 31.2 Å². The Morgan fingerprint density at radius 3 is 2.65 bits per heavy atom. The average Bonchev–Trinajstić information content (AvgIpc) is 2.83. The third-order valence-corrected chi connectivity index (χ3v) is 2.51. The average molecular weight is 229 g/mol. The van der Waals surface area contributed by atoms with Crippen LogP contribution in [0.4, 0.5) is 5.69 Å². The number of aryl methyl sites for hydroxylation is 2. The van der Waals surface area contributed by atoms with Gasteiger partial charge in [-0.2, -0.15) is 0 Å². The molecule has 0 aliphatic heterocycles. The molecule has 0 saturated carbocycles. The number of rotatable bonds is 4. The number of carbonyl (C=O) groups excluding carboxylic acids is 1. The number of hydrogen-bond donors (Lipinski definition) is 1. The zero-order valence-corrected chi connectivity index (χ0v) is 9.77. The molecule has 2 aromatic rings. The zero-order chi connectivity index (χ0) is 12.1. The van der Waals surface area contributed by atoms with Crippen molar-refractivity contribution in [1.29, 1.82) is 0 Å². The first-order chi connectivity index (χ1) is 8.24. The lowest BCUT2D eigenvalue weighted by Crippen LogP contribution is -2.12. The Hall–Kier alpha value is -2.03. The Morgan fingerprint density at radius 2 is 2.00 bits per heavy atom. The Morgan fingerprint density at radius 1 is 1.24 bits per heavy atom. The molecule has 2 rings (SSSR count). The van der Waals surface area contributed by atoms with Gasteiger partial charge in [-0.3, -0.25) is 4.79 Å². The summed E-state index contributed by atoms with van der Waals surface area (Å²) in [6, 6.07) is 11.5. The third-order valence-electron chi connectivity index (χ3n) is 2.51. The summed E-state index contributed by atoms with van der Waals surface area (Å²) in [4.78, 5) is 11.6. The maximum atomic E-state index is 11.6. The molecular formula is C14H15NO2. The Balaban J connectivity index is 1.83. The standard InChI is InChI=1S/C14H15NO2/c1-11-4-6-12(7-5-11)15-14(16)9-8-13-3-2-10-17-13/h2-7,10H,8-9H2,1H3,(H,15,16). The number of benzene rings is 1. The predicted octanol–water partition coefficient (Wildman–Crippen LogP) is 3.16. The molecule has 0 atom stereocenters. The lowest BCUT2D eigenvalue weighted by Gasteiger charge is -2.04. The van der Waals surface area contributed by atoms with E-state index in [1.165, 1.54) is 5.56 Å². The maximum Gasteiger partial charge on any atom is 0.224 e. The molecule has 1 heterocycles. The molecule has 17 heavy (non-hydrogen) atoms. The molecule has 0 fully saturated rings. The van der Waals surface area contributed by atoms with Gasteiger partial charge in [0.05, 0.1) is 6.26 Å². The predicted molar refractivity (Wildman–Crippen MR) is 66.8 cm³/mol. The molecule has 1 amide bonds. The highest BCUT2D eigenvalue weighted by Gasteiger charge is 2.04. The van der Waals surface area contributed by atoms with E-state index < -0.39 is 0 Å². The van der Waals surface area contributed by atoms with Crippen LogP contribution in [-0.4, -0.2) is 5.91 Å². The van der Waals surface area contributed by atoms with Crippen LogP contribution in [0.5, 0.6) is 0 Å². The highest BCUT2D eigenvalue weighted by molar-refractivity contribution is 5.90. The van der Waals surface area contributed by atoms with Gasteiger partial charge in [-0.25, -0.2) is 0 Å². The molecule has 0 unspecified atom stereocenters. The van der Waals surface area contributed by atoms with Gasteiger partial charge < -0.3 is 9.73 Å². The maximum absolute atomic E-state index is 11.6. The van der Waals surface area contributed by atoms with Gasteiger partial charge in [0.2, 0.25) is 5.91 Å². The van der Waals surface area contributed by atoms with Crippen molar-refractivity contribution in [3.05, 3.63) is 54.0 Å². The number of carbonyl (C=O) groups is 1. The summed E-state index contributed by atoms with van der Waals surface area (Å²) in [6.45, 7) is 2.02. The summed E-state index contributed by atoms with van der Waals surface area (Å²) in [7, 11) is 0. The topological polar surface area (TPSA) is 42.2 Å². The van der Waals surface area contributed by atoms with Crippen LogP contribution in [0.3, 0.4) is 0 Å². The van der Waals surface area contributed by atoms with Crippen LogP contribution in [0, 0.1) is 6.92 Å². The van der Waals surface area contributed by atoms with E-state index in [1.54, 1.807) is 6.26 Å². The number of anilines is 1. The van der Waals surface area contributed by atoms with E-state index in [4.69, 9.17) is 4.42 Å². The van der Waals surface area contributed by atoms with Gasteiger partial charge in [0.25, 0.3) is 0 Å². The van der Waals surface area contributed by atoms with Gasteiger partial charge in [0.15, 0.2) is 0 Å². The number of hydrogen-bond acceptors (Lipinski definition) is 2. The summed E-state index contributed by atoms with van der Waals surface area (Å²) in [5, 5.41) is 2.85.